The van der Waals surface area contributed by atoms with Gasteiger partial charge in [0.05, 0.1) is 11.6 Å². The number of cyclic esters (lactones) is 2. The number of hydrogen-bond donors (Lipinski definition) is 0. The molecule has 0 aliphatic carbocycles. The minimum Gasteiger partial charge on any atom is -0.495 e. The Hall–Kier alpha value is -1.89. The van der Waals surface area contributed by atoms with Crippen LogP contribution in [0.25, 0.3) is 6.08 Å². The molecule has 5 nitrogen and oxygen atoms in total. The molecule has 0 unspecified atom stereocenters. The lowest BCUT2D eigenvalue weighted by Gasteiger charge is -2.29. The Morgan fingerprint density at radius 2 is 1.81 bits per heavy atom. The molecule has 0 spiro atoms. The molecule has 1 saturated heterocycles. The topological polar surface area (TPSA) is 61.8 Å². The van der Waals surface area contributed by atoms with Crippen molar-refractivity contribution in [2.24, 2.45) is 0 Å². The molecule has 0 saturated carbocycles. The average molecular weight is 359 g/mol. The molecule has 1 fully saturated rings. The average Bonchev–Trinajstić information content (AvgIpc) is 2.37. The smallest absolute Gasteiger partial charge is 0.348 e. The number of methoxy groups -OCH3 is 1. The molecule has 0 amide bonds. The molecule has 21 heavy (non-hydrogen) atoms. The zero-order chi connectivity index (χ0) is 15.8. The first-order valence-electron chi connectivity index (χ1n) is 5.95. The van der Waals surface area contributed by atoms with Gasteiger partial charge in [-0.15, -0.1) is 0 Å². The van der Waals surface area contributed by atoms with Crippen molar-refractivity contribution in [3.63, 3.8) is 0 Å². The second-order valence-electron chi connectivity index (χ2n) is 4.72. The molecule has 0 atom stereocenters. The van der Waals surface area contributed by atoms with E-state index in [0.717, 1.165) is 0 Å². The minimum absolute atomic E-state index is 0.0947. The van der Waals surface area contributed by atoms with Crippen LogP contribution in [-0.2, 0) is 19.1 Å². The van der Waals surface area contributed by atoms with Crippen LogP contribution < -0.4 is 4.74 Å². The second-order valence-corrected chi connectivity index (χ2v) is 5.51. The Balaban J connectivity index is 2.47. The number of halogens is 2. The Labute approximate surface area is 128 Å². The lowest BCUT2D eigenvalue weighted by Crippen LogP contribution is -2.41. The Bertz CT molecular complexity index is 629. The molecular formula is C14H12BrFO5. The van der Waals surface area contributed by atoms with Gasteiger partial charge in [0.15, 0.2) is 0 Å². The van der Waals surface area contributed by atoms with Crippen LogP contribution in [0.4, 0.5) is 4.39 Å². The van der Waals surface area contributed by atoms with Crippen molar-refractivity contribution in [3.05, 3.63) is 33.6 Å². The summed E-state index contributed by atoms with van der Waals surface area (Å²) in [4.78, 5) is 23.7. The second kappa shape index (κ2) is 5.48. The third kappa shape index (κ3) is 3.07. The van der Waals surface area contributed by atoms with E-state index in [1.54, 1.807) is 0 Å². The van der Waals surface area contributed by atoms with Gasteiger partial charge in [0.1, 0.15) is 17.1 Å². The van der Waals surface area contributed by atoms with Crippen molar-refractivity contribution in [1.82, 2.24) is 0 Å². The van der Waals surface area contributed by atoms with E-state index in [-0.39, 0.29) is 15.8 Å². The third-order valence-electron chi connectivity index (χ3n) is 2.70. The van der Waals surface area contributed by atoms with Gasteiger partial charge in [0, 0.05) is 19.4 Å². The zero-order valence-electron chi connectivity index (χ0n) is 11.5. The van der Waals surface area contributed by atoms with E-state index in [1.807, 2.05) is 0 Å². The van der Waals surface area contributed by atoms with Gasteiger partial charge in [0.2, 0.25) is 0 Å². The van der Waals surface area contributed by atoms with E-state index in [2.05, 4.69) is 15.9 Å². The lowest BCUT2D eigenvalue weighted by molar-refractivity contribution is -0.222. The summed E-state index contributed by atoms with van der Waals surface area (Å²) in [7, 11) is 1.35. The van der Waals surface area contributed by atoms with E-state index < -0.39 is 23.5 Å². The van der Waals surface area contributed by atoms with E-state index in [0.29, 0.717) is 5.56 Å². The van der Waals surface area contributed by atoms with Crippen LogP contribution in [0, 0.1) is 5.82 Å². The van der Waals surface area contributed by atoms with Crippen molar-refractivity contribution >= 4 is 33.9 Å². The highest BCUT2D eigenvalue weighted by atomic mass is 79.9. The van der Waals surface area contributed by atoms with Gasteiger partial charge >= 0.3 is 11.9 Å². The Kier molecular flexibility index (Phi) is 4.04. The Morgan fingerprint density at radius 1 is 1.24 bits per heavy atom. The molecule has 112 valence electrons. The maximum absolute atomic E-state index is 13.4. The first kappa shape index (κ1) is 15.5. The first-order chi connectivity index (χ1) is 9.75. The van der Waals surface area contributed by atoms with E-state index in [4.69, 9.17) is 14.2 Å². The van der Waals surface area contributed by atoms with Crippen LogP contribution >= 0.6 is 15.9 Å². The summed E-state index contributed by atoms with van der Waals surface area (Å²) in [6, 6.07) is 2.56. The predicted octanol–water partition coefficient (Wildman–Crippen LogP) is 2.82. The summed E-state index contributed by atoms with van der Waals surface area (Å²) < 4.78 is 28.6. The maximum Gasteiger partial charge on any atom is 0.348 e. The molecule has 1 aromatic rings. The lowest BCUT2D eigenvalue weighted by atomic mass is 10.1. The van der Waals surface area contributed by atoms with Crippen LogP contribution in [0.1, 0.15) is 19.4 Å². The predicted molar refractivity (Wildman–Crippen MR) is 74.9 cm³/mol. The van der Waals surface area contributed by atoms with Crippen molar-refractivity contribution in [2.45, 2.75) is 19.6 Å². The van der Waals surface area contributed by atoms with E-state index >= 15 is 0 Å². The first-order valence-corrected chi connectivity index (χ1v) is 6.75. The van der Waals surface area contributed by atoms with Crippen LogP contribution in [0.15, 0.2) is 22.2 Å². The van der Waals surface area contributed by atoms with Gasteiger partial charge in [-0.05, 0) is 34.1 Å². The van der Waals surface area contributed by atoms with Gasteiger partial charge in [-0.25, -0.2) is 14.0 Å². The molecule has 1 aliphatic heterocycles. The molecule has 7 heteroatoms. The highest BCUT2D eigenvalue weighted by Gasteiger charge is 2.39. The third-order valence-corrected chi connectivity index (χ3v) is 3.44. The normalized spacial score (nSPS) is 17.1. The van der Waals surface area contributed by atoms with Crippen LogP contribution in [0.5, 0.6) is 5.75 Å². The standard InChI is InChI=1S/C14H12BrFO5/c1-14(2)20-12(17)8(13(18)21-14)6-7-4-5-9(16)10(15)11(7)19-3/h4-6H,1-3H3. The van der Waals surface area contributed by atoms with Crippen LogP contribution in [-0.4, -0.2) is 24.8 Å². The summed E-state index contributed by atoms with van der Waals surface area (Å²) in [6.45, 7) is 2.91. The molecule has 1 aliphatic rings. The summed E-state index contributed by atoms with van der Waals surface area (Å²) in [5.74, 6) is -3.28. The molecule has 0 bridgehead atoms. The fourth-order valence-electron chi connectivity index (χ4n) is 1.80. The van der Waals surface area contributed by atoms with Gasteiger partial charge < -0.3 is 14.2 Å². The maximum atomic E-state index is 13.4. The highest BCUT2D eigenvalue weighted by molar-refractivity contribution is 9.10. The quantitative estimate of drug-likeness (QED) is 0.462. The van der Waals surface area contributed by atoms with Gasteiger partial charge in [0.25, 0.3) is 5.79 Å². The number of ether oxygens (including phenoxy) is 3. The number of hydrogen-bond acceptors (Lipinski definition) is 5. The number of esters is 2. The highest BCUT2D eigenvalue weighted by Crippen LogP contribution is 2.34. The molecule has 1 aromatic carbocycles. The molecular weight excluding hydrogens is 347 g/mol. The fourth-order valence-corrected chi connectivity index (χ4v) is 2.33. The number of carbonyl (C=O) groups is 2. The summed E-state index contributed by atoms with van der Waals surface area (Å²) in [5.41, 5.74) is 0.0560. The van der Waals surface area contributed by atoms with Crippen molar-refractivity contribution in [1.29, 1.82) is 0 Å². The molecule has 0 radical (unpaired) electrons. The number of benzene rings is 1. The van der Waals surface area contributed by atoms with Crippen molar-refractivity contribution in [2.75, 3.05) is 7.11 Å². The molecule has 0 N–H and O–H groups in total. The number of carbonyl (C=O) groups excluding carboxylic acids is 2. The fraction of sp³-hybridized carbons (Fsp3) is 0.286. The molecule has 1 heterocycles. The van der Waals surface area contributed by atoms with E-state index in [1.165, 1.54) is 39.2 Å². The molecule has 2 rings (SSSR count). The van der Waals surface area contributed by atoms with Crippen molar-refractivity contribution in [3.8, 4) is 5.75 Å². The van der Waals surface area contributed by atoms with Gasteiger partial charge in [-0.3, -0.25) is 0 Å². The largest absolute Gasteiger partial charge is 0.495 e. The van der Waals surface area contributed by atoms with Gasteiger partial charge in [-0.1, -0.05) is 0 Å². The zero-order valence-corrected chi connectivity index (χ0v) is 13.1. The van der Waals surface area contributed by atoms with Crippen molar-refractivity contribution < 1.29 is 28.2 Å². The SMILES string of the molecule is COc1c(C=C2C(=O)OC(C)(C)OC2=O)ccc(F)c1Br. The van der Waals surface area contributed by atoms with Crippen LogP contribution in [0.3, 0.4) is 0 Å². The number of rotatable bonds is 2. The molecule has 0 aromatic heterocycles. The van der Waals surface area contributed by atoms with Crippen LogP contribution in [0.2, 0.25) is 0 Å². The summed E-state index contributed by atoms with van der Waals surface area (Å²) in [5, 5.41) is 0. The Morgan fingerprint density at radius 3 is 2.33 bits per heavy atom. The minimum atomic E-state index is -1.31. The van der Waals surface area contributed by atoms with Gasteiger partial charge in [-0.2, -0.15) is 0 Å². The monoisotopic (exact) mass is 358 g/mol. The van der Waals surface area contributed by atoms with E-state index in [9.17, 15) is 14.0 Å². The summed E-state index contributed by atoms with van der Waals surface area (Å²) in [6.07, 6.45) is 1.24. The summed E-state index contributed by atoms with van der Waals surface area (Å²) >= 11 is 3.04.